The van der Waals surface area contributed by atoms with Crippen LogP contribution in [0, 0.1) is 5.92 Å². The Kier molecular flexibility index (Phi) is 3.44. The highest BCUT2D eigenvalue weighted by Crippen LogP contribution is 2.43. The fourth-order valence-electron chi connectivity index (χ4n) is 4.07. The summed E-state index contributed by atoms with van der Waals surface area (Å²) in [6.45, 7) is 2.05. The van der Waals surface area contributed by atoms with E-state index in [0.717, 1.165) is 12.0 Å². The lowest BCUT2D eigenvalue weighted by Gasteiger charge is -2.31. The second kappa shape index (κ2) is 5.43. The number of aliphatic hydroxyl groups excluding tert-OH is 1. The number of carbonyl (C=O) groups excluding carboxylic acids is 2. The van der Waals surface area contributed by atoms with Crippen LogP contribution in [0.5, 0.6) is 11.5 Å². The van der Waals surface area contributed by atoms with Gasteiger partial charge in [-0.2, -0.15) is 0 Å². The lowest BCUT2D eigenvalue weighted by Crippen LogP contribution is -2.27. The van der Waals surface area contributed by atoms with Crippen molar-refractivity contribution in [2.75, 3.05) is 7.11 Å². The summed E-state index contributed by atoms with van der Waals surface area (Å²) in [5, 5.41) is 20.8. The van der Waals surface area contributed by atoms with E-state index in [9.17, 15) is 19.8 Å². The fraction of sp³-hybridized carbons (Fsp3) is 0.300. The monoisotopic (exact) mass is 338 g/mol. The molecule has 2 aliphatic carbocycles. The zero-order chi connectivity index (χ0) is 17.9. The number of aliphatic hydroxyl groups is 1. The van der Waals surface area contributed by atoms with Gasteiger partial charge in [0.15, 0.2) is 11.6 Å². The van der Waals surface area contributed by atoms with Gasteiger partial charge < -0.3 is 14.9 Å². The van der Waals surface area contributed by atoms with Crippen LogP contribution < -0.4 is 4.74 Å². The fourth-order valence-corrected chi connectivity index (χ4v) is 4.07. The highest BCUT2D eigenvalue weighted by molar-refractivity contribution is 6.30. The van der Waals surface area contributed by atoms with E-state index < -0.39 is 11.9 Å². The van der Waals surface area contributed by atoms with Gasteiger partial charge in [-0.3, -0.25) is 9.59 Å². The van der Waals surface area contributed by atoms with Gasteiger partial charge in [0.25, 0.3) is 0 Å². The van der Waals surface area contributed by atoms with Crippen molar-refractivity contribution < 1.29 is 24.5 Å². The topological polar surface area (TPSA) is 83.8 Å². The molecule has 5 nitrogen and oxygen atoms in total. The zero-order valence-electron chi connectivity index (χ0n) is 14.0. The minimum atomic E-state index is -0.792. The largest absolute Gasteiger partial charge is 0.507 e. The molecular weight excluding hydrogens is 320 g/mol. The van der Waals surface area contributed by atoms with E-state index >= 15 is 0 Å². The van der Waals surface area contributed by atoms with Crippen molar-refractivity contribution in [2.45, 2.75) is 25.9 Å². The van der Waals surface area contributed by atoms with Crippen LogP contribution in [0.4, 0.5) is 0 Å². The van der Waals surface area contributed by atoms with Gasteiger partial charge in [-0.05, 0) is 48.1 Å². The Morgan fingerprint density at radius 3 is 2.52 bits per heavy atom. The summed E-state index contributed by atoms with van der Waals surface area (Å²) in [7, 11) is 1.41. The highest BCUT2D eigenvalue weighted by Gasteiger charge is 2.39. The third kappa shape index (κ3) is 2.12. The first-order chi connectivity index (χ1) is 11.9. The summed E-state index contributed by atoms with van der Waals surface area (Å²) in [6, 6.07) is 6.28. The number of rotatable bonds is 1. The molecule has 2 aromatic carbocycles. The van der Waals surface area contributed by atoms with Gasteiger partial charge in [0.1, 0.15) is 11.5 Å². The van der Waals surface area contributed by atoms with Gasteiger partial charge in [-0.1, -0.05) is 13.0 Å². The number of fused-ring (bicyclic) bond motifs is 4. The molecule has 0 heterocycles. The number of carbonyl (C=O) groups is 2. The Morgan fingerprint density at radius 1 is 1.04 bits per heavy atom. The first-order valence-corrected chi connectivity index (χ1v) is 8.27. The van der Waals surface area contributed by atoms with Gasteiger partial charge in [0.2, 0.25) is 0 Å². The normalized spacial score (nSPS) is 21.4. The molecule has 4 rings (SSSR count). The Balaban J connectivity index is 2.02. The second-order valence-electron chi connectivity index (χ2n) is 6.82. The predicted molar refractivity (Wildman–Crippen MR) is 90.4 cm³/mol. The van der Waals surface area contributed by atoms with Crippen LogP contribution in [0.2, 0.25) is 0 Å². The standard InChI is InChI=1S/C20H18O5/c1-9-7-10-3-4-11-16(15(10)13(22)8-9)20(24)17-12(21)5-6-14(25-2)18(17)19(11)23/h3-6,9,13,21-22H,7-8H2,1-2H3. The van der Waals surface area contributed by atoms with Gasteiger partial charge in [-0.25, -0.2) is 0 Å². The predicted octanol–water partition coefficient (Wildman–Crippen LogP) is 2.79. The van der Waals surface area contributed by atoms with Gasteiger partial charge in [0.05, 0.1) is 24.3 Å². The molecule has 0 fully saturated rings. The summed E-state index contributed by atoms with van der Waals surface area (Å²) >= 11 is 0. The lowest BCUT2D eigenvalue weighted by atomic mass is 9.74. The Bertz CT molecular complexity index is 928. The maximum absolute atomic E-state index is 13.2. The molecule has 0 aromatic heterocycles. The van der Waals surface area contributed by atoms with Gasteiger partial charge in [-0.15, -0.1) is 0 Å². The second-order valence-corrected chi connectivity index (χ2v) is 6.82. The molecule has 0 amide bonds. The molecule has 2 aromatic rings. The molecule has 0 saturated heterocycles. The molecule has 0 radical (unpaired) electrons. The lowest BCUT2D eigenvalue weighted by molar-refractivity contribution is 0.0961. The van der Waals surface area contributed by atoms with Crippen LogP contribution in [0.15, 0.2) is 24.3 Å². The SMILES string of the molecule is COc1ccc(O)c2c1C(=O)c1ccc3c(c1C2=O)C(O)CC(C)C3. The number of hydrogen-bond acceptors (Lipinski definition) is 5. The number of benzene rings is 2. The first kappa shape index (κ1) is 15.8. The third-order valence-electron chi connectivity index (χ3n) is 5.15. The number of aromatic hydroxyl groups is 1. The smallest absolute Gasteiger partial charge is 0.198 e. The number of ether oxygens (including phenoxy) is 1. The molecule has 0 aliphatic heterocycles. The Hall–Kier alpha value is -2.66. The van der Waals surface area contributed by atoms with E-state index in [1.54, 1.807) is 6.07 Å². The van der Waals surface area contributed by atoms with E-state index in [-0.39, 0.29) is 39.5 Å². The average molecular weight is 338 g/mol. The maximum atomic E-state index is 13.2. The van der Waals surface area contributed by atoms with Crippen molar-refractivity contribution >= 4 is 11.6 Å². The molecule has 5 heteroatoms. The zero-order valence-corrected chi connectivity index (χ0v) is 14.0. The number of methoxy groups -OCH3 is 1. The van der Waals surface area contributed by atoms with Crippen LogP contribution in [-0.2, 0) is 6.42 Å². The molecule has 0 spiro atoms. The summed E-state index contributed by atoms with van der Waals surface area (Å²) in [6.07, 6.45) is 0.500. The van der Waals surface area contributed by atoms with Crippen molar-refractivity contribution in [1.29, 1.82) is 0 Å². The Labute approximate surface area is 144 Å². The maximum Gasteiger partial charge on any atom is 0.198 e. The summed E-state index contributed by atoms with van der Waals surface area (Å²) in [5.74, 6) is -0.507. The average Bonchev–Trinajstić information content (AvgIpc) is 2.58. The van der Waals surface area contributed by atoms with Crippen molar-refractivity contribution in [3.63, 3.8) is 0 Å². The molecule has 0 saturated carbocycles. The molecule has 2 atom stereocenters. The van der Waals surface area contributed by atoms with Crippen LogP contribution in [0.3, 0.4) is 0 Å². The molecule has 2 aliphatic rings. The molecular formula is C20H18O5. The molecule has 25 heavy (non-hydrogen) atoms. The van der Waals surface area contributed by atoms with Crippen LogP contribution in [0.25, 0.3) is 0 Å². The minimum absolute atomic E-state index is 0.0453. The number of phenolic OH excluding ortho intramolecular Hbond substituents is 1. The Morgan fingerprint density at radius 2 is 1.80 bits per heavy atom. The van der Waals surface area contributed by atoms with Crippen molar-refractivity contribution in [3.8, 4) is 11.5 Å². The van der Waals surface area contributed by atoms with Crippen LogP contribution in [-0.4, -0.2) is 28.9 Å². The summed E-state index contributed by atoms with van der Waals surface area (Å²) in [4.78, 5) is 26.2. The van der Waals surface area contributed by atoms with Crippen LogP contribution in [0.1, 0.15) is 62.4 Å². The third-order valence-corrected chi connectivity index (χ3v) is 5.15. The van der Waals surface area contributed by atoms with E-state index in [1.165, 1.54) is 19.2 Å². The van der Waals surface area contributed by atoms with Gasteiger partial charge in [0, 0.05) is 11.1 Å². The minimum Gasteiger partial charge on any atom is -0.507 e. The molecule has 2 unspecified atom stereocenters. The number of phenols is 1. The van der Waals surface area contributed by atoms with Crippen LogP contribution >= 0.6 is 0 Å². The summed E-state index contributed by atoms with van der Waals surface area (Å²) in [5.41, 5.74) is 1.93. The molecule has 2 N–H and O–H groups in total. The molecule has 128 valence electrons. The van der Waals surface area contributed by atoms with Crippen molar-refractivity contribution in [2.24, 2.45) is 5.92 Å². The van der Waals surface area contributed by atoms with E-state index in [2.05, 4.69) is 0 Å². The van der Waals surface area contributed by atoms with Gasteiger partial charge >= 0.3 is 0 Å². The highest BCUT2D eigenvalue weighted by atomic mass is 16.5. The summed E-state index contributed by atoms with van der Waals surface area (Å²) < 4.78 is 5.22. The number of hydrogen-bond donors (Lipinski definition) is 2. The van der Waals surface area contributed by atoms with E-state index in [0.29, 0.717) is 17.9 Å². The quantitative estimate of drug-likeness (QED) is 0.713. The van der Waals surface area contributed by atoms with E-state index in [1.807, 2.05) is 13.0 Å². The first-order valence-electron chi connectivity index (χ1n) is 8.27. The molecule has 0 bridgehead atoms. The van der Waals surface area contributed by atoms with Crippen molar-refractivity contribution in [3.05, 3.63) is 57.6 Å². The van der Waals surface area contributed by atoms with E-state index in [4.69, 9.17) is 4.74 Å². The van der Waals surface area contributed by atoms with Crippen molar-refractivity contribution in [1.82, 2.24) is 0 Å². The number of ketones is 2.